The topological polar surface area (TPSA) is 25.8 Å². The Labute approximate surface area is 128 Å². The van der Waals surface area contributed by atoms with Crippen LogP contribution in [0.4, 0.5) is 25.2 Å². The predicted octanol–water partition coefficient (Wildman–Crippen LogP) is 2.01. The average molecular weight is 432 g/mol. The number of nitrogens with zero attached hydrogens (tertiary/aromatic N) is 2. The van der Waals surface area contributed by atoms with Crippen molar-refractivity contribution >= 4 is 7.81 Å². The van der Waals surface area contributed by atoms with Crippen molar-refractivity contribution in [3.63, 3.8) is 0 Å². The molecule has 2 aromatic heterocycles. The summed E-state index contributed by atoms with van der Waals surface area (Å²) < 4.78 is 59.2. The van der Waals surface area contributed by atoms with E-state index >= 15 is 0 Å². The normalized spacial score (nSPS) is 12.9. The van der Waals surface area contributed by atoms with Crippen LogP contribution >= 0.6 is 7.81 Å². The molecule has 20 heavy (non-hydrogen) atoms. The van der Waals surface area contributed by atoms with E-state index in [-0.39, 0.29) is 24.0 Å². The van der Waals surface area contributed by atoms with Gasteiger partial charge in [-0.2, -0.15) is 0 Å². The van der Waals surface area contributed by atoms with Crippen LogP contribution in [0.15, 0.2) is 61.2 Å². The quantitative estimate of drug-likeness (QED) is 0.362. The number of rotatable bonds is 0. The SMILES string of the molecule is F[P-](F)(F)(F)(F)F.[IH2+].c1ccncc1.c1ccncc1. The van der Waals surface area contributed by atoms with Crippen LogP contribution in [0.2, 0.25) is 0 Å². The van der Waals surface area contributed by atoms with Crippen LogP contribution in [-0.2, 0) is 0 Å². The van der Waals surface area contributed by atoms with E-state index in [4.69, 9.17) is 0 Å². The summed E-state index contributed by atoms with van der Waals surface area (Å²) in [6, 6.07) is 11.4. The van der Waals surface area contributed by atoms with Crippen molar-refractivity contribution in [2.75, 3.05) is 0 Å². The molecule has 116 valence electrons. The van der Waals surface area contributed by atoms with E-state index in [1.54, 1.807) is 24.8 Å². The summed E-state index contributed by atoms with van der Waals surface area (Å²) in [4.78, 5) is 7.57. The molecule has 0 unspecified atom stereocenters. The Morgan fingerprint density at radius 2 is 0.700 bits per heavy atom. The summed E-state index contributed by atoms with van der Waals surface area (Å²) in [6.45, 7) is 0. The fourth-order valence-corrected chi connectivity index (χ4v) is 0.625. The smallest absolute Gasteiger partial charge is 0.235 e. The zero-order valence-electron chi connectivity index (χ0n) is 9.83. The van der Waals surface area contributed by atoms with Crippen LogP contribution in [0.3, 0.4) is 0 Å². The van der Waals surface area contributed by atoms with Crippen LogP contribution in [-0.4, -0.2) is 9.97 Å². The van der Waals surface area contributed by atoms with E-state index in [0.717, 1.165) is 0 Å². The van der Waals surface area contributed by atoms with Gasteiger partial charge in [-0.15, -0.1) is 0 Å². The second-order valence-electron chi connectivity index (χ2n) is 3.01. The van der Waals surface area contributed by atoms with E-state index in [1.165, 1.54) is 0 Å². The van der Waals surface area contributed by atoms with Crippen molar-refractivity contribution in [2.24, 2.45) is 0 Å². The van der Waals surface area contributed by atoms with E-state index in [2.05, 4.69) is 9.97 Å². The van der Waals surface area contributed by atoms with Gasteiger partial charge in [-0.3, -0.25) is 9.97 Å². The molecule has 0 bridgehead atoms. The van der Waals surface area contributed by atoms with Gasteiger partial charge in [0, 0.05) is 24.8 Å². The van der Waals surface area contributed by atoms with Crippen LogP contribution in [0.1, 0.15) is 0 Å². The number of hydrogen-bond acceptors (Lipinski definition) is 2. The van der Waals surface area contributed by atoms with Gasteiger partial charge >= 0.3 is 33.0 Å². The third kappa shape index (κ3) is 36.0. The largest absolute Gasteiger partial charge is 0.265 e. The van der Waals surface area contributed by atoms with E-state index in [9.17, 15) is 25.2 Å². The van der Waals surface area contributed by atoms with Gasteiger partial charge in [0.1, 0.15) is 0 Å². The van der Waals surface area contributed by atoms with E-state index in [0.29, 0.717) is 0 Å². The van der Waals surface area contributed by atoms with Crippen molar-refractivity contribution in [1.82, 2.24) is 9.97 Å². The zero-order chi connectivity index (χ0) is 14.9. The van der Waals surface area contributed by atoms with Gasteiger partial charge in [-0.25, -0.2) is 0 Å². The molecule has 0 aliphatic rings. The Hall–Kier alpha value is -0.960. The molecule has 2 heterocycles. The predicted molar refractivity (Wildman–Crippen MR) is 64.8 cm³/mol. The Morgan fingerprint density at radius 3 is 0.750 bits per heavy atom. The van der Waals surface area contributed by atoms with Crippen molar-refractivity contribution in [3.8, 4) is 0 Å². The van der Waals surface area contributed by atoms with Gasteiger partial charge < -0.3 is 0 Å². The van der Waals surface area contributed by atoms with Gasteiger partial charge in [0.25, 0.3) is 0 Å². The summed E-state index contributed by atoms with van der Waals surface area (Å²) in [7, 11) is -10.7. The molecule has 0 radical (unpaired) electrons. The summed E-state index contributed by atoms with van der Waals surface area (Å²) in [5.74, 6) is 0. The van der Waals surface area contributed by atoms with E-state index in [1.807, 2.05) is 36.4 Å². The summed E-state index contributed by atoms with van der Waals surface area (Å²) in [5.41, 5.74) is 0. The molecule has 0 aliphatic carbocycles. The standard InChI is InChI=1S/2C5H5N.F6P.H2I/c2*1-2-4-6-5-3-1;1-7(2,3,4,5)6;/h2*1-5H;;1H2/q;;-1;+1. The van der Waals surface area contributed by atoms with Gasteiger partial charge in [0.05, 0.1) is 0 Å². The van der Waals surface area contributed by atoms with Crippen LogP contribution in [0.5, 0.6) is 0 Å². The molecule has 0 aliphatic heterocycles. The zero-order valence-corrected chi connectivity index (χ0v) is 13.3. The first-order valence-corrected chi connectivity index (χ1v) is 6.74. The molecule has 0 amide bonds. The van der Waals surface area contributed by atoms with Gasteiger partial charge in [0.2, 0.25) is 24.0 Å². The van der Waals surface area contributed by atoms with Gasteiger partial charge in [0.15, 0.2) is 0 Å². The molecule has 2 rings (SSSR count). The molecule has 0 saturated carbocycles. The van der Waals surface area contributed by atoms with E-state index < -0.39 is 7.81 Å². The molecular formula is C10H12F6IN2P. The average Bonchev–Trinajstić information content (AvgIpc) is 2.30. The first-order valence-electron chi connectivity index (χ1n) is 4.71. The summed E-state index contributed by atoms with van der Waals surface area (Å²) in [6.07, 6.45) is 7.00. The maximum absolute atomic E-state index is 10.7. The second-order valence-corrected chi connectivity index (χ2v) is 4.92. The third-order valence-corrected chi connectivity index (χ3v) is 1.13. The number of hydrogen-bond donors (Lipinski definition) is 0. The Kier molecular flexibility index (Phi) is 8.24. The minimum atomic E-state index is -10.7. The molecule has 0 fully saturated rings. The molecule has 0 N–H and O–H groups in total. The maximum Gasteiger partial charge on any atom is 0.235 e. The Bertz CT molecular complexity index is 354. The molecule has 10 heteroatoms. The van der Waals surface area contributed by atoms with Crippen LogP contribution in [0, 0.1) is 0 Å². The van der Waals surface area contributed by atoms with Gasteiger partial charge in [-0.1, -0.05) is 12.1 Å². The number of halogens is 7. The molecule has 2 aromatic rings. The molecule has 0 atom stereocenters. The van der Waals surface area contributed by atoms with Crippen molar-refractivity contribution in [2.45, 2.75) is 0 Å². The second kappa shape index (κ2) is 7.72. The minimum absolute atomic E-state index is 0. The minimum Gasteiger partial charge on any atom is -0.265 e. The van der Waals surface area contributed by atoms with Crippen molar-refractivity contribution in [3.05, 3.63) is 61.2 Å². The molecule has 0 aromatic carbocycles. The van der Waals surface area contributed by atoms with Crippen molar-refractivity contribution < 1.29 is 49.2 Å². The third-order valence-electron chi connectivity index (χ3n) is 1.13. The monoisotopic (exact) mass is 432 g/mol. The first-order chi connectivity index (χ1) is 8.45. The fraction of sp³-hybridized carbons (Fsp3) is 0. The molecule has 2 nitrogen and oxygen atoms in total. The van der Waals surface area contributed by atoms with Crippen LogP contribution in [0.25, 0.3) is 0 Å². The molecule has 0 saturated heterocycles. The maximum atomic E-state index is 9.87. The van der Waals surface area contributed by atoms with Crippen molar-refractivity contribution in [1.29, 1.82) is 0 Å². The Morgan fingerprint density at radius 1 is 0.500 bits per heavy atom. The fourth-order valence-electron chi connectivity index (χ4n) is 0.625. The number of aromatic nitrogens is 2. The summed E-state index contributed by atoms with van der Waals surface area (Å²) >= 11 is 0. The number of pyridine rings is 2. The molecular weight excluding hydrogens is 420 g/mol. The molecule has 0 spiro atoms. The van der Waals surface area contributed by atoms with Gasteiger partial charge in [-0.05, 0) is 24.3 Å². The first kappa shape index (κ1) is 21.3. The summed E-state index contributed by atoms with van der Waals surface area (Å²) in [5, 5.41) is 0. The Balaban J connectivity index is 0. The van der Waals surface area contributed by atoms with Crippen LogP contribution < -0.4 is 24.0 Å².